The first-order chi connectivity index (χ1) is 6.66. The first kappa shape index (κ1) is 10.0. The second-order valence-electron chi connectivity index (χ2n) is 2.59. The average molecular weight is 193 g/mol. The first-order valence-corrected chi connectivity index (χ1v) is 3.81. The number of hydrogen-bond donors (Lipinski definition) is 1. The summed E-state index contributed by atoms with van der Waals surface area (Å²) in [7, 11) is 0. The number of carbonyl (C=O) groups excluding carboxylic acids is 1. The van der Waals surface area contributed by atoms with Crippen LogP contribution in [0.5, 0.6) is 0 Å². The van der Waals surface area contributed by atoms with Gasteiger partial charge in [-0.15, -0.1) is 4.91 Å². The summed E-state index contributed by atoms with van der Waals surface area (Å²) in [5.74, 6) is -2.87. The van der Waals surface area contributed by atoms with Crippen molar-refractivity contribution in [2.75, 3.05) is 0 Å². The summed E-state index contributed by atoms with van der Waals surface area (Å²) in [5, 5.41) is 10.9. The second kappa shape index (κ2) is 4.27. The van der Waals surface area contributed by atoms with Crippen LogP contribution in [0.3, 0.4) is 0 Å². The molecule has 0 heterocycles. The summed E-state index contributed by atoms with van der Waals surface area (Å²) in [6.07, 6.45) is 0. The summed E-state index contributed by atoms with van der Waals surface area (Å²) < 4.78 is 0. The third kappa shape index (κ3) is 2.01. The summed E-state index contributed by atoms with van der Waals surface area (Å²) in [5.41, 5.74) is 0.287. The largest absolute Gasteiger partial charge is 0.475 e. The Hall–Kier alpha value is -2.04. The number of carboxylic acid groups (broad SMARTS) is 1. The number of Topliss-reactive ketones (excluding diaryl/α,β-unsaturated/α-hetero) is 1. The van der Waals surface area contributed by atoms with Gasteiger partial charge in [0.05, 0.1) is 0 Å². The van der Waals surface area contributed by atoms with E-state index in [0.29, 0.717) is 0 Å². The van der Waals surface area contributed by atoms with E-state index >= 15 is 0 Å². The van der Waals surface area contributed by atoms with Gasteiger partial charge in [0.1, 0.15) is 0 Å². The van der Waals surface area contributed by atoms with Crippen molar-refractivity contribution in [3.05, 3.63) is 40.8 Å². The van der Waals surface area contributed by atoms with E-state index in [2.05, 4.69) is 5.18 Å². The lowest BCUT2D eigenvalue weighted by atomic mass is 10.0. The molecule has 0 aliphatic carbocycles. The van der Waals surface area contributed by atoms with Crippen LogP contribution in [0.2, 0.25) is 0 Å². The molecule has 5 heteroatoms. The molecule has 1 unspecified atom stereocenters. The van der Waals surface area contributed by atoms with Crippen molar-refractivity contribution < 1.29 is 14.7 Å². The maximum absolute atomic E-state index is 11.0. The average Bonchev–Trinajstić information content (AvgIpc) is 2.20. The summed E-state index contributed by atoms with van der Waals surface area (Å²) in [4.78, 5) is 31.6. The quantitative estimate of drug-likeness (QED) is 0.574. The van der Waals surface area contributed by atoms with E-state index in [4.69, 9.17) is 5.11 Å². The minimum absolute atomic E-state index is 0.287. The van der Waals surface area contributed by atoms with E-state index in [0.717, 1.165) is 0 Å². The molecule has 0 saturated carbocycles. The van der Waals surface area contributed by atoms with Crippen LogP contribution in [0.4, 0.5) is 0 Å². The molecular formula is C9H7NO4. The molecule has 0 aliphatic rings. The lowest BCUT2D eigenvalue weighted by Crippen LogP contribution is -2.19. The van der Waals surface area contributed by atoms with Crippen molar-refractivity contribution in [2.24, 2.45) is 5.18 Å². The highest BCUT2D eigenvalue weighted by atomic mass is 16.4. The molecular weight excluding hydrogens is 186 g/mol. The second-order valence-corrected chi connectivity index (χ2v) is 2.59. The van der Waals surface area contributed by atoms with Gasteiger partial charge in [0.2, 0.25) is 0 Å². The lowest BCUT2D eigenvalue weighted by molar-refractivity contribution is -0.149. The van der Waals surface area contributed by atoms with Gasteiger partial charge in [0.25, 0.3) is 5.78 Å². The highest BCUT2D eigenvalue weighted by molar-refractivity contribution is 6.34. The molecule has 0 aliphatic heterocycles. The number of benzene rings is 1. The molecule has 0 radical (unpaired) electrons. The number of ketones is 1. The van der Waals surface area contributed by atoms with Crippen LogP contribution in [0.1, 0.15) is 11.6 Å². The highest BCUT2D eigenvalue weighted by Gasteiger charge is 2.27. The monoisotopic (exact) mass is 193 g/mol. The van der Waals surface area contributed by atoms with Gasteiger partial charge in [0.15, 0.2) is 6.04 Å². The molecule has 1 rings (SSSR count). The number of nitrogens with zero attached hydrogens (tertiary/aromatic N) is 1. The zero-order valence-electron chi connectivity index (χ0n) is 7.08. The number of nitroso groups, excluding NO2 is 1. The molecule has 0 spiro atoms. The van der Waals surface area contributed by atoms with Gasteiger partial charge < -0.3 is 5.11 Å². The lowest BCUT2D eigenvalue weighted by Gasteiger charge is -2.03. The van der Waals surface area contributed by atoms with Gasteiger partial charge in [-0.2, -0.15) is 0 Å². The molecule has 1 N–H and O–H groups in total. The molecule has 0 fully saturated rings. The van der Waals surface area contributed by atoms with E-state index in [1.165, 1.54) is 12.1 Å². The molecule has 5 nitrogen and oxygen atoms in total. The van der Waals surface area contributed by atoms with Gasteiger partial charge >= 0.3 is 5.97 Å². The molecule has 0 amide bonds. The van der Waals surface area contributed by atoms with Crippen molar-refractivity contribution in [1.82, 2.24) is 0 Å². The van der Waals surface area contributed by atoms with Crippen LogP contribution in [0.15, 0.2) is 35.5 Å². The SMILES string of the molecule is O=NC(C(=O)C(=O)O)c1ccccc1. The Balaban J connectivity index is 2.99. The summed E-state index contributed by atoms with van der Waals surface area (Å²) >= 11 is 0. The normalized spacial score (nSPS) is 11.7. The van der Waals surface area contributed by atoms with Gasteiger partial charge in [-0.05, 0) is 5.56 Å². The van der Waals surface area contributed by atoms with Crippen LogP contribution < -0.4 is 0 Å². The molecule has 0 bridgehead atoms. The summed E-state index contributed by atoms with van der Waals surface area (Å²) in [6.45, 7) is 0. The van der Waals surface area contributed by atoms with Gasteiger partial charge in [-0.1, -0.05) is 35.5 Å². The predicted molar refractivity (Wildman–Crippen MR) is 47.6 cm³/mol. The fourth-order valence-electron chi connectivity index (χ4n) is 1.01. The number of hydrogen-bond acceptors (Lipinski definition) is 4. The van der Waals surface area contributed by atoms with E-state index in [-0.39, 0.29) is 5.56 Å². The molecule has 0 saturated heterocycles. The van der Waals surface area contributed by atoms with Crippen molar-refractivity contribution in [1.29, 1.82) is 0 Å². The van der Waals surface area contributed by atoms with Crippen LogP contribution in [-0.2, 0) is 9.59 Å². The fourth-order valence-corrected chi connectivity index (χ4v) is 1.01. The van der Waals surface area contributed by atoms with Crippen LogP contribution >= 0.6 is 0 Å². The number of aliphatic carboxylic acids is 1. The van der Waals surface area contributed by atoms with Crippen molar-refractivity contribution >= 4 is 11.8 Å². The Morgan fingerprint density at radius 1 is 1.21 bits per heavy atom. The van der Waals surface area contributed by atoms with E-state index in [9.17, 15) is 14.5 Å². The summed E-state index contributed by atoms with van der Waals surface area (Å²) in [6, 6.07) is 6.40. The Bertz CT molecular complexity index is 360. The Morgan fingerprint density at radius 2 is 1.79 bits per heavy atom. The Labute approximate surface area is 79.3 Å². The third-order valence-electron chi connectivity index (χ3n) is 1.68. The van der Waals surface area contributed by atoms with E-state index < -0.39 is 17.8 Å². The molecule has 1 atom stereocenters. The molecule has 0 aromatic heterocycles. The van der Waals surface area contributed by atoms with Crippen molar-refractivity contribution in [3.8, 4) is 0 Å². The maximum Gasteiger partial charge on any atom is 0.375 e. The first-order valence-electron chi connectivity index (χ1n) is 3.81. The minimum Gasteiger partial charge on any atom is -0.475 e. The van der Waals surface area contributed by atoms with Gasteiger partial charge in [0, 0.05) is 0 Å². The highest BCUT2D eigenvalue weighted by Crippen LogP contribution is 2.17. The van der Waals surface area contributed by atoms with E-state index in [1.54, 1.807) is 18.2 Å². The van der Waals surface area contributed by atoms with Gasteiger partial charge in [-0.25, -0.2) is 4.79 Å². The third-order valence-corrected chi connectivity index (χ3v) is 1.68. The van der Waals surface area contributed by atoms with Crippen LogP contribution in [-0.4, -0.2) is 16.9 Å². The van der Waals surface area contributed by atoms with E-state index in [1.807, 2.05) is 0 Å². The van der Waals surface area contributed by atoms with Crippen LogP contribution in [0.25, 0.3) is 0 Å². The number of rotatable bonds is 4. The maximum atomic E-state index is 11.0. The zero-order valence-corrected chi connectivity index (χ0v) is 7.08. The molecule has 14 heavy (non-hydrogen) atoms. The fraction of sp³-hybridized carbons (Fsp3) is 0.111. The topological polar surface area (TPSA) is 83.8 Å². The minimum atomic E-state index is -1.65. The number of carboxylic acids is 1. The van der Waals surface area contributed by atoms with Crippen molar-refractivity contribution in [3.63, 3.8) is 0 Å². The molecule has 1 aromatic rings. The van der Waals surface area contributed by atoms with Crippen molar-refractivity contribution in [2.45, 2.75) is 6.04 Å². The Kier molecular flexibility index (Phi) is 3.06. The molecule has 1 aromatic carbocycles. The predicted octanol–water partition coefficient (Wildman–Crippen LogP) is 1.15. The molecule has 72 valence electrons. The number of carbonyl (C=O) groups is 2. The standard InChI is InChI=1S/C9H7NO4/c11-8(9(12)13)7(10-14)6-4-2-1-3-5-6/h1-5,7H,(H,12,13). The van der Waals surface area contributed by atoms with Crippen LogP contribution in [0, 0.1) is 4.91 Å². The zero-order chi connectivity index (χ0) is 10.6. The Morgan fingerprint density at radius 3 is 2.21 bits per heavy atom. The van der Waals surface area contributed by atoms with Gasteiger partial charge in [-0.3, -0.25) is 4.79 Å². The smallest absolute Gasteiger partial charge is 0.375 e.